The van der Waals surface area contributed by atoms with Crippen LogP contribution in [0.1, 0.15) is 22.5 Å². The third kappa shape index (κ3) is 5.00. The summed E-state index contributed by atoms with van der Waals surface area (Å²) in [5.41, 5.74) is 7.02. The van der Waals surface area contributed by atoms with E-state index in [2.05, 4.69) is 10.5 Å². The molecule has 29 heavy (non-hydrogen) atoms. The van der Waals surface area contributed by atoms with Gasteiger partial charge in [0.2, 0.25) is 0 Å². The zero-order chi connectivity index (χ0) is 21.0. The number of hydrazone groups is 1. The summed E-state index contributed by atoms with van der Waals surface area (Å²) in [4.78, 5) is 12.0. The van der Waals surface area contributed by atoms with Gasteiger partial charge in [0.15, 0.2) is 6.61 Å². The minimum Gasteiger partial charge on any atom is -0.483 e. The molecule has 3 rings (SSSR count). The van der Waals surface area contributed by atoms with Crippen LogP contribution in [0.4, 0.5) is 0 Å². The topological polar surface area (TPSA) is 55.6 Å². The van der Waals surface area contributed by atoms with Crippen LogP contribution in [0.2, 0.25) is 10.0 Å². The summed E-state index contributed by atoms with van der Waals surface area (Å²) in [5, 5.41) is 5.25. The van der Waals surface area contributed by atoms with E-state index in [1.165, 1.54) is 0 Å². The van der Waals surface area contributed by atoms with Gasteiger partial charge in [0.05, 0.1) is 16.9 Å². The number of carbonyl (C=O) groups is 1. The summed E-state index contributed by atoms with van der Waals surface area (Å²) in [6, 6.07) is 14.8. The largest absolute Gasteiger partial charge is 0.483 e. The second-order valence-corrected chi connectivity index (χ2v) is 7.45. The standard InChI is InChI=1S/C22H21Cl2N3O2/c1-14-6-4-5-7-21(14)29-13-22(28)26-25-12-17-10-15(2)27(16(17)3)20-11-18(23)8-9-19(20)24/h4-12H,13H2,1-3H3,(H,26,28)/b25-12-. The van der Waals surface area contributed by atoms with E-state index in [-0.39, 0.29) is 12.5 Å². The molecule has 1 N–H and O–H groups in total. The van der Waals surface area contributed by atoms with Crippen molar-refractivity contribution in [3.05, 3.63) is 81.1 Å². The van der Waals surface area contributed by atoms with Crippen LogP contribution in [0.5, 0.6) is 5.75 Å². The third-order valence-electron chi connectivity index (χ3n) is 4.46. The van der Waals surface area contributed by atoms with Gasteiger partial charge < -0.3 is 9.30 Å². The molecule has 0 bridgehead atoms. The highest BCUT2D eigenvalue weighted by Gasteiger charge is 2.13. The summed E-state index contributed by atoms with van der Waals surface area (Å²) >= 11 is 12.5. The quantitative estimate of drug-likeness (QED) is 0.430. The van der Waals surface area contributed by atoms with Gasteiger partial charge in [-0.15, -0.1) is 0 Å². The molecule has 7 heteroatoms. The molecule has 0 unspecified atom stereocenters. The summed E-state index contributed by atoms with van der Waals surface area (Å²) in [5.74, 6) is 0.338. The Morgan fingerprint density at radius 1 is 1.14 bits per heavy atom. The molecule has 2 aromatic carbocycles. The van der Waals surface area contributed by atoms with E-state index in [0.717, 1.165) is 28.2 Å². The zero-order valence-electron chi connectivity index (χ0n) is 16.4. The first-order chi connectivity index (χ1) is 13.9. The van der Waals surface area contributed by atoms with Crippen LogP contribution >= 0.6 is 23.2 Å². The smallest absolute Gasteiger partial charge is 0.277 e. The maximum atomic E-state index is 12.0. The average molecular weight is 430 g/mol. The molecule has 0 aliphatic carbocycles. The number of benzene rings is 2. The lowest BCUT2D eigenvalue weighted by Crippen LogP contribution is -2.24. The number of aryl methyl sites for hydroxylation is 2. The van der Waals surface area contributed by atoms with Crippen LogP contribution in [-0.2, 0) is 4.79 Å². The van der Waals surface area contributed by atoms with Crippen molar-refractivity contribution >= 4 is 35.3 Å². The molecule has 0 aliphatic heterocycles. The molecule has 150 valence electrons. The Hall–Kier alpha value is -2.76. The van der Waals surface area contributed by atoms with Gasteiger partial charge in [-0.1, -0.05) is 41.4 Å². The first kappa shape index (κ1) is 21.0. The highest BCUT2D eigenvalue weighted by molar-refractivity contribution is 6.34. The van der Waals surface area contributed by atoms with E-state index in [9.17, 15) is 4.79 Å². The lowest BCUT2D eigenvalue weighted by Gasteiger charge is -2.12. The van der Waals surface area contributed by atoms with E-state index in [0.29, 0.717) is 15.8 Å². The van der Waals surface area contributed by atoms with Crippen molar-refractivity contribution in [1.29, 1.82) is 0 Å². The predicted octanol–water partition coefficient (Wildman–Crippen LogP) is 5.24. The Morgan fingerprint density at radius 3 is 2.66 bits per heavy atom. The molecular weight excluding hydrogens is 409 g/mol. The molecule has 0 aliphatic rings. The number of para-hydroxylation sites is 1. The molecule has 1 heterocycles. The van der Waals surface area contributed by atoms with Crippen LogP contribution in [0.3, 0.4) is 0 Å². The van der Waals surface area contributed by atoms with Crippen molar-refractivity contribution in [3.63, 3.8) is 0 Å². The van der Waals surface area contributed by atoms with Gasteiger partial charge in [0.1, 0.15) is 5.75 Å². The molecule has 0 spiro atoms. The van der Waals surface area contributed by atoms with Crippen molar-refractivity contribution in [2.45, 2.75) is 20.8 Å². The number of nitrogens with zero attached hydrogens (tertiary/aromatic N) is 2. The van der Waals surface area contributed by atoms with Crippen molar-refractivity contribution in [2.75, 3.05) is 6.61 Å². The molecule has 0 fully saturated rings. The number of amides is 1. The summed E-state index contributed by atoms with van der Waals surface area (Å²) in [6.45, 7) is 5.73. The molecule has 5 nitrogen and oxygen atoms in total. The van der Waals surface area contributed by atoms with Gasteiger partial charge >= 0.3 is 0 Å². The fourth-order valence-electron chi connectivity index (χ4n) is 3.01. The summed E-state index contributed by atoms with van der Waals surface area (Å²) in [7, 11) is 0. The fraction of sp³-hybridized carbons (Fsp3) is 0.182. The number of hydrogen-bond acceptors (Lipinski definition) is 3. The lowest BCUT2D eigenvalue weighted by atomic mass is 10.2. The van der Waals surface area contributed by atoms with Gasteiger partial charge in [-0.25, -0.2) is 5.43 Å². The van der Waals surface area contributed by atoms with Gasteiger partial charge in [0.25, 0.3) is 5.91 Å². The molecule has 0 atom stereocenters. The van der Waals surface area contributed by atoms with Crippen LogP contribution < -0.4 is 10.2 Å². The minimum atomic E-state index is -0.337. The summed E-state index contributed by atoms with van der Waals surface area (Å²) < 4.78 is 7.51. The van der Waals surface area contributed by atoms with E-state index in [1.807, 2.05) is 61.7 Å². The highest BCUT2D eigenvalue weighted by Crippen LogP contribution is 2.28. The number of nitrogens with one attached hydrogen (secondary N) is 1. The monoisotopic (exact) mass is 429 g/mol. The molecule has 0 saturated heterocycles. The Balaban J connectivity index is 1.68. The molecule has 1 aromatic heterocycles. The highest BCUT2D eigenvalue weighted by atomic mass is 35.5. The van der Waals surface area contributed by atoms with E-state index >= 15 is 0 Å². The predicted molar refractivity (Wildman–Crippen MR) is 118 cm³/mol. The second-order valence-electron chi connectivity index (χ2n) is 6.60. The van der Waals surface area contributed by atoms with Crippen molar-refractivity contribution in [1.82, 2.24) is 9.99 Å². The van der Waals surface area contributed by atoms with Gasteiger partial charge in [0, 0.05) is 22.0 Å². The van der Waals surface area contributed by atoms with Crippen LogP contribution in [0, 0.1) is 20.8 Å². The Kier molecular flexibility index (Phi) is 6.62. The average Bonchev–Trinajstić information content (AvgIpc) is 2.96. The lowest BCUT2D eigenvalue weighted by molar-refractivity contribution is -0.123. The number of halogens is 2. The Bertz CT molecular complexity index is 1070. The maximum absolute atomic E-state index is 12.0. The van der Waals surface area contributed by atoms with E-state index in [1.54, 1.807) is 18.3 Å². The molecular formula is C22H21Cl2N3O2. The SMILES string of the molecule is Cc1ccccc1OCC(=O)N/N=C\c1cc(C)n(-c2cc(Cl)ccc2Cl)c1C. The number of rotatable bonds is 6. The summed E-state index contributed by atoms with van der Waals surface area (Å²) in [6.07, 6.45) is 1.60. The molecule has 3 aromatic rings. The van der Waals surface area contributed by atoms with Gasteiger partial charge in [-0.05, 0) is 56.7 Å². The van der Waals surface area contributed by atoms with Gasteiger partial charge in [-0.3, -0.25) is 4.79 Å². The van der Waals surface area contributed by atoms with Crippen LogP contribution in [-0.4, -0.2) is 23.3 Å². The van der Waals surface area contributed by atoms with Crippen molar-refractivity contribution < 1.29 is 9.53 Å². The third-order valence-corrected chi connectivity index (χ3v) is 5.02. The number of carbonyl (C=O) groups excluding carboxylic acids is 1. The first-order valence-electron chi connectivity index (χ1n) is 9.01. The van der Waals surface area contributed by atoms with Crippen LogP contribution in [0.15, 0.2) is 53.6 Å². The second kappa shape index (κ2) is 9.16. The number of hydrogen-bond donors (Lipinski definition) is 1. The normalized spacial score (nSPS) is 11.1. The number of ether oxygens (including phenoxy) is 1. The van der Waals surface area contributed by atoms with Crippen molar-refractivity contribution in [3.8, 4) is 11.4 Å². The minimum absolute atomic E-state index is 0.112. The Labute approximate surface area is 179 Å². The number of aromatic nitrogens is 1. The van der Waals surface area contributed by atoms with E-state index in [4.69, 9.17) is 27.9 Å². The van der Waals surface area contributed by atoms with E-state index < -0.39 is 0 Å². The zero-order valence-corrected chi connectivity index (χ0v) is 17.9. The van der Waals surface area contributed by atoms with Crippen molar-refractivity contribution in [2.24, 2.45) is 5.10 Å². The van der Waals surface area contributed by atoms with Crippen LogP contribution in [0.25, 0.3) is 5.69 Å². The molecule has 0 radical (unpaired) electrons. The molecule has 0 saturated carbocycles. The maximum Gasteiger partial charge on any atom is 0.277 e. The fourth-order valence-corrected chi connectivity index (χ4v) is 3.38. The van der Waals surface area contributed by atoms with Gasteiger partial charge in [-0.2, -0.15) is 5.10 Å². The first-order valence-corrected chi connectivity index (χ1v) is 9.77. The molecule has 1 amide bonds. The Morgan fingerprint density at radius 2 is 1.90 bits per heavy atom.